The predicted molar refractivity (Wildman–Crippen MR) is 94.6 cm³/mol. The number of nitrogens with one attached hydrogen (secondary N) is 2. The third-order valence-electron chi connectivity index (χ3n) is 3.37. The third-order valence-corrected chi connectivity index (χ3v) is 3.60. The highest BCUT2D eigenvalue weighted by atomic mass is 35.5. The van der Waals surface area contributed by atoms with Crippen molar-refractivity contribution in [3.63, 3.8) is 0 Å². The first-order valence-electron chi connectivity index (χ1n) is 7.40. The Morgan fingerprint density at radius 1 is 1.41 bits per heavy atom. The first kappa shape index (κ1) is 18.2. The lowest BCUT2D eigenvalue weighted by atomic mass is 9.97. The van der Waals surface area contributed by atoms with Crippen LogP contribution in [0.3, 0.4) is 0 Å². The van der Waals surface area contributed by atoms with E-state index in [2.05, 4.69) is 25.2 Å². The number of hydrogen-bond acceptors (Lipinski definition) is 2. The van der Waals surface area contributed by atoms with Crippen LogP contribution in [0.5, 0.6) is 0 Å². The molecule has 0 spiro atoms. The molecule has 118 valence electrons. The standard InChI is InChI=1S/C18H23ClN2O/c1-4-5-15(17-12-16(19)7-6-13(17)2)9-11-21-18(22)14(3)8-10-20/h5-8,10,12,20H,4,9,11H2,1-3H3,(H,21,22)/b14-8+,15-5-,20-10?. The lowest BCUT2D eigenvalue weighted by Crippen LogP contribution is -2.25. The number of benzene rings is 1. The Kier molecular flexibility index (Phi) is 7.61. The second kappa shape index (κ2) is 9.21. The molecule has 4 heteroatoms. The van der Waals surface area contributed by atoms with Crippen LogP contribution in [0.2, 0.25) is 5.02 Å². The van der Waals surface area contributed by atoms with Crippen LogP contribution < -0.4 is 5.32 Å². The van der Waals surface area contributed by atoms with E-state index < -0.39 is 0 Å². The number of aryl methyl sites for hydroxylation is 1. The summed E-state index contributed by atoms with van der Waals surface area (Å²) in [6, 6.07) is 5.87. The van der Waals surface area contributed by atoms with Gasteiger partial charge in [0.05, 0.1) is 0 Å². The first-order chi connectivity index (χ1) is 10.5. The second-order valence-electron chi connectivity index (χ2n) is 5.12. The number of hydrogen-bond donors (Lipinski definition) is 2. The summed E-state index contributed by atoms with van der Waals surface area (Å²) >= 11 is 6.10. The second-order valence-corrected chi connectivity index (χ2v) is 5.56. The highest BCUT2D eigenvalue weighted by molar-refractivity contribution is 6.30. The Bertz CT molecular complexity index is 603. The van der Waals surface area contributed by atoms with Crippen LogP contribution in [0.15, 0.2) is 35.9 Å². The number of amides is 1. The first-order valence-corrected chi connectivity index (χ1v) is 7.78. The minimum Gasteiger partial charge on any atom is -0.352 e. The molecule has 0 aliphatic heterocycles. The summed E-state index contributed by atoms with van der Waals surface area (Å²) in [6.45, 7) is 6.41. The van der Waals surface area contributed by atoms with Crippen LogP contribution in [0, 0.1) is 12.3 Å². The summed E-state index contributed by atoms with van der Waals surface area (Å²) in [5.74, 6) is -0.137. The van der Waals surface area contributed by atoms with Gasteiger partial charge in [-0.2, -0.15) is 0 Å². The molecule has 0 bridgehead atoms. The Morgan fingerprint density at radius 2 is 2.14 bits per heavy atom. The highest BCUT2D eigenvalue weighted by Gasteiger charge is 2.08. The normalized spacial score (nSPS) is 12.2. The molecule has 0 saturated heterocycles. The zero-order chi connectivity index (χ0) is 16.5. The van der Waals surface area contributed by atoms with Gasteiger partial charge in [-0.25, -0.2) is 0 Å². The fraction of sp³-hybridized carbons (Fsp3) is 0.333. The van der Waals surface area contributed by atoms with E-state index in [1.165, 1.54) is 17.2 Å². The van der Waals surface area contributed by atoms with Gasteiger partial charge in [0.15, 0.2) is 0 Å². The van der Waals surface area contributed by atoms with Crippen molar-refractivity contribution in [2.45, 2.75) is 33.6 Å². The fourth-order valence-electron chi connectivity index (χ4n) is 2.18. The molecule has 0 heterocycles. The monoisotopic (exact) mass is 318 g/mol. The van der Waals surface area contributed by atoms with E-state index in [0.29, 0.717) is 12.1 Å². The molecule has 2 N–H and O–H groups in total. The minimum absolute atomic E-state index is 0.137. The molecule has 1 amide bonds. The highest BCUT2D eigenvalue weighted by Crippen LogP contribution is 2.25. The maximum Gasteiger partial charge on any atom is 0.246 e. The van der Waals surface area contributed by atoms with Gasteiger partial charge < -0.3 is 10.7 Å². The molecule has 0 atom stereocenters. The van der Waals surface area contributed by atoms with Crippen LogP contribution in [-0.4, -0.2) is 18.7 Å². The van der Waals surface area contributed by atoms with Gasteiger partial charge in [-0.1, -0.05) is 30.7 Å². The summed E-state index contributed by atoms with van der Waals surface area (Å²) in [6.07, 6.45) is 6.46. The van der Waals surface area contributed by atoms with Crippen molar-refractivity contribution in [3.05, 3.63) is 52.1 Å². The summed E-state index contributed by atoms with van der Waals surface area (Å²) in [5, 5.41) is 10.6. The van der Waals surface area contributed by atoms with E-state index in [1.54, 1.807) is 6.92 Å². The van der Waals surface area contributed by atoms with Gasteiger partial charge >= 0.3 is 0 Å². The van der Waals surface area contributed by atoms with Crippen molar-refractivity contribution in [1.29, 1.82) is 5.41 Å². The van der Waals surface area contributed by atoms with Crippen molar-refractivity contribution in [2.24, 2.45) is 0 Å². The molecule has 1 rings (SSSR count). The van der Waals surface area contributed by atoms with Gasteiger partial charge in [0.25, 0.3) is 0 Å². The maximum absolute atomic E-state index is 11.8. The van der Waals surface area contributed by atoms with Crippen LogP contribution in [-0.2, 0) is 4.79 Å². The quantitative estimate of drug-likeness (QED) is 0.562. The molecular formula is C18H23ClN2O. The average Bonchev–Trinajstić information content (AvgIpc) is 2.49. The largest absolute Gasteiger partial charge is 0.352 e. The molecule has 0 saturated carbocycles. The summed E-state index contributed by atoms with van der Waals surface area (Å²) < 4.78 is 0. The zero-order valence-electron chi connectivity index (χ0n) is 13.4. The smallest absolute Gasteiger partial charge is 0.246 e. The van der Waals surface area contributed by atoms with Crippen molar-refractivity contribution >= 4 is 29.3 Å². The van der Waals surface area contributed by atoms with E-state index in [0.717, 1.165) is 29.6 Å². The fourth-order valence-corrected chi connectivity index (χ4v) is 2.36. The van der Waals surface area contributed by atoms with Gasteiger partial charge in [-0.3, -0.25) is 4.79 Å². The van der Waals surface area contributed by atoms with Gasteiger partial charge in [0.2, 0.25) is 5.91 Å². The average molecular weight is 319 g/mol. The van der Waals surface area contributed by atoms with Crippen LogP contribution in [0.25, 0.3) is 5.57 Å². The molecule has 1 aromatic rings. The Balaban J connectivity index is 2.77. The van der Waals surface area contributed by atoms with Crippen LogP contribution >= 0.6 is 11.6 Å². The Labute approximate surface area is 137 Å². The van der Waals surface area contributed by atoms with Crippen molar-refractivity contribution < 1.29 is 4.79 Å². The zero-order valence-corrected chi connectivity index (χ0v) is 14.1. The SMILES string of the molecule is CC/C=C(/CCNC(=O)/C(C)=C/C=N)c1cc(Cl)ccc1C. The molecule has 0 aliphatic carbocycles. The van der Waals surface area contributed by atoms with Crippen molar-refractivity contribution in [2.75, 3.05) is 6.54 Å². The molecule has 0 fully saturated rings. The third kappa shape index (κ3) is 5.49. The Hall–Kier alpha value is -1.87. The number of carbonyl (C=O) groups is 1. The molecule has 22 heavy (non-hydrogen) atoms. The molecule has 3 nitrogen and oxygen atoms in total. The van der Waals surface area contributed by atoms with E-state index in [9.17, 15) is 4.79 Å². The molecule has 0 unspecified atom stereocenters. The number of carbonyl (C=O) groups excluding carboxylic acids is 1. The van der Waals surface area contributed by atoms with Crippen molar-refractivity contribution in [3.8, 4) is 0 Å². The Morgan fingerprint density at radius 3 is 2.77 bits per heavy atom. The minimum atomic E-state index is -0.137. The van der Waals surface area contributed by atoms with E-state index in [-0.39, 0.29) is 5.91 Å². The van der Waals surface area contributed by atoms with Crippen LogP contribution in [0.4, 0.5) is 0 Å². The van der Waals surface area contributed by atoms with Gasteiger partial charge in [-0.15, -0.1) is 0 Å². The number of allylic oxidation sites excluding steroid dienone is 2. The maximum atomic E-state index is 11.8. The predicted octanol–water partition coefficient (Wildman–Crippen LogP) is 4.54. The lowest BCUT2D eigenvalue weighted by molar-refractivity contribution is -0.117. The van der Waals surface area contributed by atoms with E-state index >= 15 is 0 Å². The molecule has 0 radical (unpaired) electrons. The van der Waals surface area contributed by atoms with Gasteiger partial charge in [-0.05, 0) is 61.6 Å². The summed E-state index contributed by atoms with van der Waals surface area (Å²) in [5.41, 5.74) is 4.04. The summed E-state index contributed by atoms with van der Waals surface area (Å²) in [4.78, 5) is 11.8. The van der Waals surface area contributed by atoms with E-state index in [1.807, 2.05) is 18.2 Å². The van der Waals surface area contributed by atoms with Crippen molar-refractivity contribution in [1.82, 2.24) is 5.32 Å². The summed E-state index contributed by atoms with van der Waals surface area (Å²) in [7, 11) is 0. The molecular weight excluding hydrogens is 296 g/mol. The van der Waals surface area contributed by atoms with Gasteiger partial charge in [0, 0.05) is 23.4 Å². The van der Waals surface area contributed by atoms with E-state index in [4.69, 9.17) is 17.0 Å². The molecule has 0 aromatic heterocycles. The lowest BCUT2D eigenvalue weighted by Gasteiger charge is -2.12. The van der Waals surface area contributed by atoms with Gasteiger partial charge in [0.1, 0.15) is 0 Å². The number of rotatable bonds is 7. The topological polar surface area (TPSA) is 53.0 Å². The molecule has 0 aliphatic rings. The van der Waals surface area contributed by atoms with Crippen LogP contribution in [0.1, 0.15) is 37.8 Å². The number of halogens is 1. The molecule has 1 aromatic carbocycles.